The van der Waals surface area contributed by atoms with Crippen molar-refractivity contribution >= 4 is 5.78 Å². The number of hydrogen-bond donors (Lipinski definition) is 0. The number of ketones is 1. The van der Waals surface area contributed by atoms with E-state index >= 15 is 0 Å². The van der Waals surface area contributed by atoms with Gasteiger partial charge >= 0.3 is 5.92 Å². The Balaban J connectivity index is 2.68. The van der Waals surface area contributed by atoms with E-state index in [-0.39, 0.29) is 0 Å². The first-order chi connectivity index (χ1) is 5.02. The van der Waals surface area contributed by atoms with Crippen molar-refractivity contribution < 1.29 is 13.6 Å². The molecule has 3 heteroatoms. The van der Waals surface area contributed by atoms with Gasteiger partial charge in [-0.1, -0.05) is 6.08 Å². The molecular formula is C8H10F2O. The van der Waals surface area contributed by atoms with Gasteiger partial charge in [-0.2, -0.15) is 8.78 Å². The normalized spacial score (nSPS) is 18.3. The summed E-state index contributed by atoms with van der Waals surface area (Å²) < 4.78 is 24.8. The topological polar surface area (TPSA) is 17.1 Å². The standard InChI is InChI=1S/C8H10F2O/c1-8(9,10)7(11)6-4-2-3-5-6/h4H,2-3,5H2,1H3. The Hall–Kier alpha value is -0.730. The van der Waals surface area contributed by atoms with Crippen molar-refractivity contribution in [3.05, 3.63) is 11.6 Å². The van der Waals surface area contributed by atoms with Gasteiger partial charge in [-0.3, -0.25) is 4.79 Å². The average Bonchev–Trinajstić information content (AvgIpc) is 2.34. The van der Waals surface area contributed by atoms with Crippen LogP contribution in [0.5, 0.6) is 0 Å². The summed E-state index contributed by atoms with van der Waals surface area (Å²) in [6.07, 6.45) is 3.72. The number of allylic oxidation sites excluding steroid dienone is 2. The van der Waals surface area contributed by atoms with Gasteiger partial charge in [0, 0.05) is 6.92 Å². The minimum Gasteiger partial charge on any atom is -0.288 e. The van der Waals surface area contributed by atoms with Gasteiger partial charge in [0.25, 0.3) is 0 Å². The van der Waals surface area contributed by atoms with Crippen LogP contribution < -0.4 is 0 Å². The molecule has 0 fully saturated rings. The Morgan fingerprint density at radius 1 is 1.64 bits per heavy atom. The molecule has 0 unspecified atom stereocenters. The summed E-state index contributed by atoms with van der Waals surface area (Å²) in [5.74, 6) is -4.19. The van der Waals surface area contributed by atoms with Crippen LogP contribution in [0.2, 0.25) is 0 Å². The maximum atomic E-state index is 12.4. The zero-order valence-electron chi connectivity index (χ0n) is 6.36. The fraction of sp³-hybridized carbons (Fsp3) is 0.625. The largest absolute Gasteiger partial charge is 0.306 e. The molecule has 1 rings (SSSR count). The third kappa shape index (κ3) is 1.85. The molecule has 1 nitrogen and oxygen atoms in total. The lowest BCUT2D eigenvalue weighted by atomic mass is 10.1. The lowest BCUT2D eigenvalue weighted by Crippen LogP contribution is -2.25. The number of rotatable bonds is 2. The molecule has 0 heterocycles. The zero-order chi connectivity index (χ0) is 8.48. The number of carbonyl (C=O) groups is 1. The van der Waals surface area contributed by atoms with E-state index in [1.54, 1.807) is 6.08 Å². The van der Waals surface area contributed by atoms with Gasteiger partial charge in [0.15, 0.2) is 0 Å². The molecule has 11 heavy (non-hydrogen) atoms. The molecule has 62 valence electrons. The van der Waals surface area contributed by atoms with Gasteiger partial charge in [-0.15, -0.1) is 0 Å². The Morgan fingerprint density at radius 2 is 2.27 bits per heavy atom. The van der Waals surface area contributed by atoms with Crippen LogP contribution in [0.25, 0.3) is 0 Å². The predicted octanol–water partition coefficient (Wildman–Crippen LogP) is 2.32. The van der Waals surface area contributed by atoms with Crippen molar-refractivity contribution in [3.8, 4) is 0 Å². The molecule has 0 spiro atoms. The second-order valence-corrected chi connectivity index (χ2v) is 2.84. The van der Waals surface area contributed by atoms with E-state index in [1.807, 2.05) is 0 Å². The molecule has 1 aliphatic carbocycles. The summed E-state index contributed by atoms with van der Waals surface area (Å²) in [6.45, 7) is 0.647. The van der Waals surface area contributed by atoms with E-state index in [4.69, 9.17) is 0 Å². The lowest BCUT2D eigenvalue weighted by Gasteiger charge is -2.08. The molecule has 0 saturated heterocycles. The third-order valence-corrected chi connectivity index (χ3v) is 1.73. The van der Waals surface area contributed by atoms with Gasteiger partial charge in [0.2, 0.25) is 5.78 Å². The van der Waals surface area contributed by atoms with E-state index in [1.165, 1.54) is 0 Å². The van der Waals surface area contributed by atoms with Crippen LogP contribution in [-0.2, 0) is 4.79 Å². The number of halogens is 2. The number of hydrogen-bond acceptors (Lipinski definition) is 1. The summed E-state index contributed by atoms with van der Waals surface area (Å²) in [7, 11) is 0. The fourth-order valence-corrected chi connectivity index (χ4v) is 1.16. The maximum absolute atomic E-state index is 12.4. The minimum atomic E-state index is -3.18. The first-order valence-electron chi connectivity index (χ1n) is 3.63. The first kappa shape index (κ1) is 8.37. The van der Waals surface area contributed by atoms with Crippen LogP contribution in [0.3, 0.4) is 0 Å². The fourth-order valence-electron chi connectivity index (χ4n) is 1.16. The van der Waals surface area contributed by atoms with Crippen LogP contribution in [0, 0.1) is 0 Å². The van der Waals surface area contributed by atoms with Crippen LogP contribution >= 0.6 is 0 Å². The molecule has 1 aliphatic rings. The van der Waals surface area contributed by atoms with Crippen LogP contribution in [-0.4, -0.2) is 11.7 Å². The SMILES string of the molecule is CC(F)(F)C(=O)C1=CCCC1. The van der Waals surface area contributed by atoms with Gasteiger partial charge in [0.05, 0.1) is 0 Å². The Bertz CT molecular complexity index is 201. The quantitative estimate of drug-likeness (QED) is 0.605. The van der Waals surface area contributed by atoms with Gasteiger partial charge in [-0.05, 0) is 24.8 Å². The summed E-state index contributed by atoms with van der Waals surface area (Å²) >= 11 is 0. The van der Waals surface area contributed by atoms with E-state index in [2.05, 4.69) is 0 Å². The molecule has 0 aliphatic heterocycles. The highest BCUT2D eigenvalue weighted by molar-refractivity contribution is 6.00. The molecule has 0 amide bonds. The average molecular weight is 160 g/mol. The smallest absolute Gasteiger partial charge is 0.288 e. The molecule has 0 aromatic heterocycles. The highest BCUT2D eigenvalue weighted by Gasteiger charge is 2.34. The third-order valence-electron chi connectivity index (χ3n) is 1.73. The van der Waals surface area contributed by atoms with Gasteiger partial charge in [0.1, 0.15) is 0 Å². The minimum absolute atomic E-state index is 0.303. The maximum Gasteiger partial charge on any atom is 0.306 e. The Morgan fingerprint density at radius 3 is 2.64 bits per heavy atom. The van der Waals surface area contributed by atoms with Crippen molar-refractivity contribution in [2.75, 3.05) is 0 Å². The van der Waals surface area contributed by atoms with Crippen molar-refractivity contribution in [2.24, 2.45) is 0 Å². The molecule has 0 atom stereocenters. The van der Waals surface area contributed by atoms with Gasteiger partial charge in [-0.25, -0.2) is 0 Å². The van der Waals surface area contributed by atoms with Crippen LogP contribution in [0.1, 0.15) is 26.2 Å². The summed E-state index contributed by atoms with van der Waals surface area (Å²) in [5.41, 5.74) is 0.303. The molecule has 0 aromatic carbocycles. The molecule has 0 aromatic rings. The van der Waals surface area contributed by atoms with E-state index in [9.17, 15) is 13.6 Å². The first-order valence-corrected chi connectivity index (χ1v) is 3.63. The predicted molar refractivity (Wildman–Crippen MR) is 37.6 cm³/mol. The zero-order valence-corrected chi connectivity index (χ0v) is 6.36. The van der Waals surface area contributed by atoms with E-state index in [0.29, 0.717) is 18.9 Å². The van der Waals surface area contributed by atoms with Crippen LogP contribution in [0.4, 0.5) is 8.78 Å². The lowest BCUT2D eigenvalue weighted by molar-refractivity contribution is -0.136. The Kier molecular flexibility index (Phi) is 2.07. The second kappa shape index (κ2) is 2.72. The van der Waals surface area contributed by atoms with Crippen LogP contribution in [0.15, 0.2) is 11.6 Å². The molecule has 0 N–H and O–H groups in total. The molecular weight excluding hydrogens is 150 g/mol. The van der Waals surface area contributed by atoms with E-state index < -0.39 is 11.7 Å². The highest BCUT2D eigenvalue weighted by Crippen LogP contribution is 2.25. The van der Waals surface area contributed by atoms with Crippen molar-refractivity contribution in [1.82, 2.24) is 0 Å². The van der Waals surface area contributed by atoms with Gasteiger partial charge < -0.3 is 0 Å². The van der Waals surface area contributed by atoms with Crippen molar-refractivity contribution in [1.29, 1.82) is 0 Å². The monoisotopic (exact) mass is 160 g/mol. The molecule has 0 radical (unpaired) electrons. The summed E-state index contributed by atoms with van der Waals surface area (Å²) in [4.78, 5) is 10.8. The molecule has 0 saturated carbocycles. The Labute approximate surface area is 64.1 Å². The molecule has 0 bridgehead atoms. The highest BCUT2D eigenvalue weighted by atomic mass is 19.3. The number of carbonyl (C=O) groups excluding carboxylic acids is 1. The van der Waals surface area contributed by atoms with Crippen molar-refractivity contribution in [3.63, 3.8) is 0 Å². The number of alkyl halides is 2. The van der Waals surface area contributed by atoms with Crippen molar-refractivity contribution in [2.45, 2.75) is 32.1 Å². The number of Topliss-reactive ketones (excluding diaryl/α,β-unsaturated/α-hetero) is 1. The summed E-state index contributed by atoms with van der Waals surface area (Å²) in [6, 6.07) is 0. The second-order valence-electron chi connectivity index (χ2n) is 2.84. The summed E-state index contributed by atoms with van der Waals surface area (Å²) in [5, 5.41) is 0. The van der Waals surface area contributed by atoms with E-state index in [0.717, 1.165) is 12.8 Å².